The molecular formula is C125H147F5Ir3N3O6S3Si2-3. The number of nitrogens with zero attached hydrogens (tertiary/aromatic N) is 3. The molecular weight excluding hydrogens is 2460 g/mol. The molecule has 15 rings (SSSR count). The van der Waals surface area contributed by atoms with Gasteiger partial charge >= 0.3 is 0 Å². The molecule has 9 aromatic carbocycles. The van der Waals surface area contributed by atoms with Gasteiger partial charge in [0.2, 0.25) is 0 Å². The Labute approximate surface area is 925 Å². The number of aryl methyl sites for hydroxylation is 2. The minimum absolute atomic E-state index is 0. The second-order valence-corrected chi connectivity index (χ2v) is 55.3. The van der Waals surface area contributed by atoms with Crippen LogP contribution in [-0.4, -0.2) is 63.8 Å². The van der Waals surface area contributed by atoms with Crippen molar-refractivity contribution < 1.29 is 112 Å². The molecule has 0 fully saturated rings. The topological polar surface area (TPSA) is 151 Å². The van der Waals surface area contributed by atoms with Crippen molar-refractivity contribution in [3.8, 4) is 65.1 Å². The monoisotopic (exact) mass is 2610 g/mol. The Hall–Kier alpha value is -9.25. The Morgan fingerprint density at radius 2 is 0.762 bits per heavy atom. The summed E-state index contributed by atoms with van der Waals surface area (Å²) < 4.78 is 75.4. The van der Waals surface area contributed by atoms with Gasteiger partial charge in [0.25, 0.3) is 0 Å². The van der Waals surface area contributed by atoms with Gasteiger partial charge in [0.1, 0.15) is 34.7 Å². The quantitative estimate of drug-likeness (QED) is 0.00998. The Kier molecular flexibility index (Phi) is 45.1. The first-order chi connectivity index (χ1) is 68.0. The molecule has 0 unspecified atom stereocenters. The predicted molar refractivity (Wildman–Crippen MR) is 609 cm³/mol. The number of ketones is 3. The van der Waals surface area contributed by atoms with Crippen LogP contribution in [0, 0.1) is 93.6 Å². The Bertz CT molecular complexity index is 7060. The average Bonchev–Trinajstić information content (AvgIpc) is 1.64. The van der Waals surface area contributed by atoms with E-state index < -0.39 is 33.6 Å². The molecule has 6 heterocycles. The standard InChI is InChI=1S/C27H21F3NSSi.C27H23FNSSi.C26H19FNS.3C15H28O2.3Ir/c1-15-18-11-12-31-25(27(18)32-26(15)23-20(28)9-10-21(29)24(23)30)17-13-16-7-5-6-8-19(16)22(14-17)33(2,3)4;1-17-16-29-26(27-22(17)15-24(30-27)21-11-7-8-12-23(21)28)19-13-18-9-5-6-10-20(18)25(14-19)31(2,3)4;1-16(2)18-9-10-22(23(27)14-18)24-15-21-11-12-28-25(26(21)29-24)20-8-7-17-5-3-4-6-19(17)13-20;3*1-7-14(5,8-2)12(16)11-13(17)15(6,9-3)10-4;;;/h5-12,14H,1-4H3;5-12,14-16H,1-4H3;3-12,14-16H,1-2H3;3*11,16H,7-10H2,1-6H3;;;/q3*-1;;;;;;. The summed E-state index contributed by atoms with van der Waals surface area (Å²) in [6, 6.07) is 66.4. The summed E-state index contributed by atoms with van der Waals surface area (Å²) in [5, 5.41) is 43.0. The summed E-state index contributed by atoms with van der Waals surface area (Å²) in [7, 11) is -3.28. The van der Waals surface area contributed by atoms with Gasteiger partial charge in [-0.25, -0.2) is 22.0 Å². The number of fused-ring (bicyclic) bond motifs is 6. The fourth-order valence-electron chi connectivity index (χ4n) is 17.1. The van der Waals surface area contributed by atoms with E-state index in [-0.39, 0.29) is 145 Å². The van der Waals surface area contributed by atoms with Crippen molar-refractivity contribution in [3.63, 3.8) is 0 Å². The van der Waals surface area contributed by atoms with Gasteiger partial charge in [-0.3, -0.25) is 29.3 Å². The molecule has 3 radical (unpaired) electrons. The number of hydrogen-bond donors (Lipinski definition) is 3. The van der Waals surface area contributed by atoms with Crippen LogP contribution in [0.2, 0.25) is 39.3 Å². The van der Waals surface area contributed by atoms with E-state index in [0.29, 0.717) is 33.2 Å². The number of carbonyl (C=O) groups excluding carboxylic acids is 3. The van der Waals surface area contributed by atoms with Gasteiger partial charge in [-0.2, -0.15) is 0 Å². The minimum atomic E-state index is -1.69. The summed E-state index contributed by atoms with van der Waals surface area (Å²) in [4.78, 5) is 52.9. The molecule has 0 aliphatic rings. The fourth-order valence-corrected chi connectivity index (χ4v) is 24.1. The number of benzene rings is 9. The SMILES string of the molecule is CC(C)c1ccc(-c2cc3ccnc(-c4[c-]c5ccccc5cc4)c3s2)c(F)c1.CCC(C)(CC)C(=O)C=C(O)C(C)(CC)CC.CCC(C)(CC)C(=O)C=C(O)C(C)(CC)CC.CCC(C)(CC)C(=O)C=C(O)C(C)(CC)CC.Cc1c(-c2c(F)ccc(F)c2F)sc2c(-c3[c-]c4ccccc4c([Si](C)(C)C)c3)nccc12.Cc1cnc(-c2[c-]c3ccccc3c([Si](C)(C)C)c2)c2sc(-c3ccccc3F)cc12.[Ir].[Ir].[Ir]. The van der Waals surface area contributed by atoms with Gasteiger partial charge in [0, 0.05) is 187 Å². The summed E-state index contributed by atoms with van der Waals surface area (Å²) in [5.41, 5.74) is 7.32. The minimum Gasteiger partial charge on any atom is -0.512 e. The molecule has 6 aromatic heterocycles. The Morgan fingerprint density at radius 1 is 0.374 bits per heavy atom. The molecule has 22 heteroatoms. The second kappa shape index (κ2) is 53.1. The normalized spacial score (nSPS) is 12.4. The summed E-state index contributed by atoms with van der Waals surface area (Å²) >= 11 is 4.43. The van der Waals surface area contributed by atoms with Crippen LogP contribution in [0.1, 0.15) is 238 Å². The van der Waals surface area contributed by atoms with Crippen molar-refractivity contribution in [2.75, 3.05) is 0 Å². The van der Waals surface area contributed by atoms with Gasteiger partial charge < -0.3 is 15.3 Å². The summed E-state index contributed by atoms with van der Waals surface area (Å²) in [6.07, 6.45) is 19.7. The van der Waals surface area contributed by atoms with Crippen LogP contribution in [-0.2, 0) is 74.7 Å². The maximum atomic E-state index is 14.8. The summed E-state index contributed by atoms with van der Waals surface area (Å²) in [5.74, 6) is -2.22. The zero-order chi connectivity index (χ0) is 106. The van der Waals surface area contributed by atoms with Crippen molar-refractivity contribution in [1.29, 1.82) is 0 Å². The molecule has 0 amide bonds. The number of aromatic nitrogens is 3. The van der Waals surface area contributed by atoms with E-state index in [1.165, 1.54) is 56.8 Å². The molecule has 0 saturated heterocycles. The van der Waals surface area contributed by atoms with Crippen LogP contribution in [0.3, 0.4) is 0 Å². The smallest absolute Gasteiger partial charge is 0.170 e. The van der Waals surface area contributed by atoms with Crippen molar-refractivity contribution in [3.05, 3.63) is 294 Å². The summed E-state index contributed by atoms with van der Waals surface area (Å²) in [6.45, 7) is 58.3. The third kappa shape index (κ3) is 28.6. The molecule has 0 aliphatic carbocycles. The van der Waals surface area contributed by atoms with Crippen molar-refractivity contribution in [2.24, 2.45) is 32.5 Å². The van der Waals surface area contributed by atoms with E-state index in [0.717, 1.165) is 190 Å². The van der Waals surface area contributed by atoms with E-state index in [1.54, 1.807) is 47.9 Å². The molecule has 0 aliphatic heterocycles. The number of hydrogen-bond acceptors (Lipinski definition) is 12. The van der Waals surface area contributed by atoms with Crippen LogP contribution in [0.15, 0.2) is 230 Å². The van der Waals surface area contributed by atoms with Gasteiger partial charge in [0.15, 0.2) is 29.0 Å². The van der Waals surface area contributed by atoms with E-state index in [9.17, 15) is 51.7 Å². The zero-order valence-electron chi connectivity index (χ0n) is 90.8. The third-order valence-electron chi connectivity index (χ3n) is 30.8. The fraction of sp³-hybridized carbons (Fsp3) is 0.376. The molecule has 147 heavy (non-hydrogen) atoms. The van der Waals surface area contributed by atoms with Crippen LogP contribution < -0.4 is 10.4 Å². The van der Waals surface area contributed by atoms with Crippen LogP contribution >= 0.6 is 34.0 Å². The molecule has 0 spiro atoms. The Balaban J connectivity index is 0.000000244. The first-order valence-electron chi connectivity index (χ1n) is 51.0. The van der Waals surface area contributed by atoms with E-state index in [1.807, 2.05) is 204 Å². The number of carbonyl (C=O) groups is 3. The van der Waals surface area contributed by atoms with Gasteiger partial charge in [0.05, 0.1) is 21.7 Å². The number of allylic oxidation sites excluding steroid dienone is 6. The number of halogens is 5. The largest absolute Gasteiger partial charge is 0.512 e. The number of pyridine rings is 3. The average molecular weight is 2610 g/mol. The second-order valence-electron chi connectivity index (χ2n) is 42.0. The van der Waals surface area contributed by atoms with Crippen molar-refractivity contribution in [1.82, 2.24) is 15.0 Å². The van der Waals surface area contributed by atoms with E-state index >= 15 is 0 Å². The number of aliphatic hydroxyl groups is 3. The number of aliphatic hydroxyl groups excluding tert-OH is 3. The first-order valence-corrected chi connectivity index (χ1v) is 60.5. The van der Waals surface area contributed by atoms with E-state index in [2.05, 4.69) is 167 Å². The van der Waals surface area contributed by atoms with Crippen LogP contribution in [0.25, 0.3) is 128 Å². The first kappa shape index (κ1) is 125. The van der Waals surface area contributed by atoms with Gasteiger partial charge in [-0.15, -0.1) is 121 Å². The molecule has 789 valence electrons. The maximum absolute atomic E-state index is 14.8. The predicted octanol–water partition coefficient (Wildman–Crippen LogP) is 37.2. The Morgan fingerprint density at radius 3 is 1.21 bits per heavy atom. The van der Waals surface area contributed by atoms with Gasteiger partial charge in [-0.1, -0.05) is 296 Å². The van der Waals surface area contributed by atoms with Crippen molar-refractivity contribution >= 4 is 140 Å². The van der Waals surface area contributed by atoms with E-state index in [4.69, 9.17) is 4.98 Å². The molecule has 3 N–H and O–H groups in total. The number of thiophene rings is 3. The van der Waals surface area contributed by atoms with Crippen molar-refractivity contribution in [2.45, 2.75) is 275 Å². The van der Waals surface area contributed by atoms with Gasteiger partial charge in [-0.05, 0) is 178 Å². The molecule has 0 saturated carbocycles. The molecule has 0 bridgehead atoms. The molecule has 15 aromatic rings. The maximum Gasteiger partial charge on any atom is 0.170 e. The third-order valence-corrected chi connectivity index (χ3v) is 38.5. The molecule has 0 atom stereocenters. The van der Waals surface area contributed by atoms with Crippen LogP contribution in [0.5, 0.6) is 0 Å². The number of rotatable bonds is 30. The zero-order valence-corrected chi connectivity index (χ0v) is 102. The van der Waals surface area contributed by atoms with Crippen LogP contribution in [0.4, 0.5) is 22.0 Å². The molecule has 9 nitrogen and oxygen atoms in total.